The van der Waals surface area contributed by atoms with Crippen LogP contribution in [0.4, 0.5) is 0 Å². The molecule has 0 saturated heterocycles. The molecule has 3 nitrogen and oxygen atoms in total. The van der Waals surface area contributed by atoms with E-state index in [-0.39, 0.29) is 12.4 Å². The van der Waals surface area contributed by atoms with Crippen molar-refractivity contribution in [2.45, 2.75) is 6.92 Å². The first-order chi connectivity index (χ1) is 10.7. The van der Waals surface area contributed by atoms with Gasteiger partial charge in [0, 0.05) is 5.56 Å². The number of carbonyl (C=O) groups excluding carboxylic acids is 2. The minimum atomic E-state index is -0.984. The molecule has 0 unspecified atom stereocenters. The SMILES string of the molecule is CCOC(=O)[C@@H](C=[C]c1ccccc1)C(=O)c1ccccc1. The molecule has 0 saturated carbocycles. The summed E-state index contributed by atoms with van der Waals surface area (Å²) in [6.45, 7) is 1.95. The van der Waals surface area contributed by atoms with Crippen LogP contribution >= 0.6 is 0 Å². The van der Waals surface area contributed by atoms with E-state index >= 15 is 0 Å². The Morgan fingerprint density at radius 3 is 2.23 bits per heavy atom. The first-order valence-electron chi connectivity index (χ1n) is 7.13. The van der Waals surface area contributed by atoms with Crippen LogP contribution in [0.25, 0.3) is 0 Å². The Hall–Kier alpha value is -2.68. The number of Topliss-reactive ketones (excluding diaryl/α,β-unsaturated/α-hetero) is 1. The molecule has 0 aliphatic heterocycles. The van der Waals surface area contributed by atoms with Gasteiger partial charge in [-0.3, -0.25) is 9.59 Å². The molecule has 1 radical (unpaired) electrons. The zero-order valence-corrected chi connectivity index (χ0v) is 12.4. The fourth-order valence-electron chi connectivity index (χ4n) is 1.98. The average Bonchev–Trinajstić information content (AvgIpc) is 2.57. The van der Waals surface area contributed by atoms with Crippen molar-refractivity contribution in [2.24, 2.45) is 5.92 Å². The molecule has 0 aliphatic carbocycles. The molecule has 3 heteroatoms. The Morgan fingerprint density at radius 1 is 1.05 bits per heavy atom. The highest BCUT2D eigenvalue weighted by Gasteiger charge is 2.26. The van der Waals surface area contributed by atoms with Gasteiger partial charge in [0.25, 0.3) is 0 Å². The second kappa shape index (κ2) is 7.93. The molecule has 0 aromatic heterocycles. The summed E-state index contributed by atoms with van der Waals surface area (Å²) in [5, 5.41) is 0. The number of rotatable bonds is 6. The van der Waals surface area contributed by atoms with Crippen LogP contribution in [0.3, 0.4) is 0 Å². The van der Waals surface area contributed by atoms with Gasteiger partial charge >= 0.3 is 5.97 Å². The van der Waals surface area contributed by atoms with Crippen LogP contribution in [-0.4, -0.2) is 18.4 Å². The van der Waals surface area contributed by atoms with Gasteiger partial charge < -0.3 is 4.74 Å². The van der Waals surface area contributed by atoms with E-state index < -0.39 is 11.9 Å². The molecule has 1 atom stereocenters. The molecule has 2 aromatic carbocycles. The van der Waals surface area contributed by atoms with E-state index in [2.05, 4.69) is 6.08 Å². The van der Waals surface area contributed by atoms with Crippen molar-refractivity contribution < 1.29 is 14.3 Å². The standard InChI is InChI=1S/C19H17O3/c1-2-22-19(21)17(14-13-15-9-5-3-6-10-15)18(20)16-11-7-4-8-12-16/h3-12,14,17H,2H2,1H3/t17-/m0/s1. The number of benzene rings is 2. The molecule has 0 fully saturated rings. The topological polar surface area (TPSA) is 43.4 Å². The highest BCUT2D eigenvalue weighted by Crippen LogP contribution is 2.13. The number of hydrogen-bond acceptors (Lipinski definition) is 3. The third kappa shape index (κ3) is 4.16. The maximum absolute atomic E-state index is 12.5. The molecule has 111 valence electrons. The minimum absolute atomic E-state index is 0.233. The van der Waals surface area contributed by atoms with Crippen LogP contribution in [0, 0.1) is 12.0 Å². The Labute approximate surface area is 130 Å². The minimum Gasteiger partial charge on any atom is -0.465 e. The van der Waals surface area contributed by atoms with Gasteiger partial charge in [-0.1, -0.05) is 66.7 Å². The molecule has 0 bridgehead atoms. The summed E-state index contributed by atoms with van der Waals surface area (Å²) in [7, 11) is 0. The van der Waals surface area contributed by atoms with Crippen LogP contribution in [0.1, 0.15) is 22.8 Å². The maximum Gasteiger partial charge on any atom is 0.320 e. The fraction of sp³-hybridized carbons (Fsp3) is 0.158. The van der Waals surface area contributed by atoms with Crippen LogP contribution in [0.5, 0.6) is 0 Å². The van der Waals surface area contributed by atoms with Gasteiger partial charge in [0.1, 0.15) is 5.92 Å². The van der Waals surface area contributed by atoms with Crippen molar-refractivity contribution in [2.75, 3.05) is 6.61 Å². The number of ketones is 1. The lowest BCUT2D eigenvalue weighted by Gasteiger charge is -2.10. The van der Waals surface area contributed by atoms with E-state index in [1.165, 1.54) is 6.08 Å². The van der Waals surface area contributed by atoms with E-state index in [0.717, 1.165) is 5.56 Å². The van der Waals surface area contributed by atoms with Crippen molar-refractivity contribution in [3.8, 4) is 0 Å². The summed E-state index contributed by atoms with van der Waals surface area (Å²) in [4.78, 5) is 24.6. The van der Waals surface area contributed by atoms with Gasteiger partial charge in [-0.05, 0) is 18.6 Å². The molecule has 2 rings (SSSR count). The van der Waals surface area contributed by atoms with Crippen LogP contribution in [-0.2, 0) is 9.53 Å². The fourth-order valence-corrected chi connectivity index (χ4v) is 1.98. The number of ether oxygens (including phenoxy) is 1. The molecule has 0 spiro atoms. The van der Waals surface area contributed by atoms with Crippen molar-refractivity contribution in [1.29, 1.82) is 0 Å². The Balaban J connectivity index is 2.25. The van der Waals surface area contributed by atoms with Gasteiger partial charge in [0.2, 0.25) is 0 Å². The van der Waals surface area contributed by atoms with E-state index in [1.54, 1.807) is 31.2 Å². The van der Waals surface area contributed by atoms with Gasteiger partial charge in [-0.25, -0.2) is 0 Å². The highest BCUT2D eigenvalue weighted by atomic mass is 16.5. The largest absolute Gasteiger partial charge is 0.465 e. The van der Waals surface area contributed by atoms with Crippen molar-refractivity contribution >= 4 is 11.8 Å². The Morgan fingerprint density at radius 2 is 1.64 bits per heavy atom. The Bertz CT molecular complexity index is 645. The number of carbonyl (C=O) groups is 2. The van der Waals surface area contributed by atoms with Gasteiger partial charge in [0.05, 0.1) is 6.61 Å². The van der Waals surface area contributed by atoms with E-state index in [1.807, 2.05) is 36.4 Å². The van der Waals surface area contributed by atoms with E-state index in [0.29, 0.717) is 5.56 Å². The second-order valence-electron chi connectivity index (χ2n) is 4.64. The van der Waals surface area contributed by atoms with Crippen LogP contribution in [0.2, 0.25) is 0 Å². The molecular formula is C19H17O3. The quantitative estimate of drug-likeness (QED) is 0.465. The van der Waals surface area contributed by atoms with E-state index in [9.17, 15) is 9.59 Å². The maximum atomic E-state index is 12.5. The third-order valence-corrected chi connectivity index (χ3v) is 3.07. The summed E-state index contributed by atoms with van der Waals surface area (Å²) in [5.74, 6) is -1.83. The van der Waals surface area contributed by atoms with E-state index in [4.69, 9.17) is 4.74 Å². The van der Waals surface area contributed by atoms with Crippen LogP contribution in [0.15, 0.2) is 66.7 Å². The number of hydrogen-bond donors (Lipinski definition) is 0. The first kappa shape index (κ1) is 15.7. The molecule has 2 aromatic rings. The van der Waals surface area contributed by atoms with Crippen LogP contribution < -0.4 is 0 Å². The number of esters is 1. The lowest BCUT2D eigenvalue weighted by atomic mass is 9.96. The molecule has 0 heterocycles. The zero-order chi connectivity index (χ0) is 15.8. The van der Waals surface area contributed by atoms with Gasteiger partial charge in [-0.2, -0.15) is 0 Å². The van der Waals surface area contributed by atoms with Crippen molar-refractivity contribution in [1.82, 2.24) is 0 Å². The smallest absolute Gasteiger partial charge is 0.320 e. The molecule has 0 amide bonds. The summed E-state index contributed by atoms with van der Waals surface area (Å²) in [6, 6.07) is 18.1. The molecular weight excluding hydrogens is 276 g/mol. The summed E-state index contributed by atoms with van der Waals surface area (Å²) >= 11 is 0. The normalized spacial score (nSPS) is 12.0. The molecule has 0 N–H and O–H groups in total. The lowest BCUT2D eigenvalue weighted by Crippen LogP contribution is -2.24. The Kier molecular flexibility index (Phi) is 5.66. The summed E-state index contributed by atoms with van der Waals surface area (Å²) in [6.07, 6.45) is 4.46. The predicted molar refractivity (Wildman–Crippen MR) is 84.3 cm³/mol. The molecule has 0 aliphatic rings. The first-order valence-corrected chi connectivity index (χ1v) is 7.13. The monoisotopic (exact) mass is 293 g/mol. The van der Waals surface area contributed by atoms with Crippen molar-refractivity contribution in [3.63, 3.8) is 0 Å². The highest BCUT2D eigenvalue weighted by molar-refractivity contribution is 6.10. The molecule has 22 heavy (non-hydrogen) atoms. The van der Waals surface area contributed by atoms with Gasteiger partial charge in [0.15, 0.2) is 5.78 Å². The van der Waals surface area contributed by atoms with Gasteiger partial charge in [-0.15, -0.1) is 0 Å². The van der Waals surface area contributed by atoms with Crippen molar-refractivity contribution in [3.05, 3.63) is 83.9 Å². The zero-order valence-electron chi connectivity index (χ0n) is 12.4. The average molecular weight is 293 g/mol. The second-order valence-corrected chi connectivity index (χ2v) is 4.64. The predicted octanol–water partition coefficient (Wildman–Crippen LogP) is 3.46. The third-order valence-electron chi connectivity index (χ3n) is 3.07. The summed E-state index contributed by atoms with van der Waals surface area (Å²) in [5.41, 5.74) is 1.28. The lowest BCUT2D eigenvalue weighted by molar-refractivity contribution is -0.144. The summed E-state index contributed by atoms with van der Waals surface area (Å²) < 4.78 is 5.00.